The molecule has 2 unspecified atom stereocenters. The van der Waals surface area contributed by atoms with E-state index in [0.29, 0.717) is 24.0 Å². The molecule has 1 aromatic carbocycles. The van der Waals surface area contributed by atoms with Gasteiger partial charge in [0, 0.05) is 30.5 Å². The van der Waals surface area contributed by atoms with E-state index in [2.05, 4.69) is 21.9 Å². The van der Waals surface area contributed by atoms with Gasteiger partial charge in [0.1, 0.15) is 41.9 Å². The molecule has 2 saturated carbocycles. The molecule has 4 N–H and O–H groups in total. The van der Waals surface area contributed by atoms with Gasteiger partial charge in [-0.25, -0.2) is 27.2 Å². The van der Waals surface area contributed by atoms with E-state index in [9.17, 15) is 41.9 Å². The molecule has 3 fully saturated rings. The number of allylic oxidation sites excluding steroid dienone is 3. The summed E-state index contributed by atoms with van der Waals surface area (Å²) in [6, 6.07) is 1.72. The highest BCUT2D eigenvalue weighted by atomic mass is 32.2. The number of halogens is 1. The Labute approximate surface area is 319 Å². The maximum Gasteiger partial charge on any atom is 0.410 e. The Hall–Kier alpha value is -4.81. The van der Waals surface area contributed by atoms with Gasteiger partial charge in [0.15, 0.2) is 0 Å². The minimum atomic E-state index is -3.96. The zero-order valence-corrected chi connectivity index (χ0v) is 32.0. The maximum atomic E-state index is 14.4. The average molecular weight is 790 g/mol. The maximum absolute atomic E-state index is 14.4. The fourth-order valence-corrected chi connectivity index (χ4v) is 7.95. The zero-order chi connectivity index (χ0) is 40.3. The van der Waals surface area contributed by atoms with Gasteiger partial charge >= 0.3 is 18.2 Å². The van der Waals surface area contributed by atoms with Crippen molar-refractivity contribution in [2.45, 2.75) is 107 Å². The van der Waals surface area contributed by atoms with Crippen LogP contribution in [0, 0.1) is 11.7 Å². The number of esters is 1. The first-order valence-corrected chi connectivity index (χ1v) is 19.5. The predicted molar refractivity (Wildman–Crippen MR) is 194 cm³/mol. The van der Waals surface area contributed by atoms with E-state index in [1.54, 1.807) is 45.9 Å². The number of sulfonamides is 1. The number of ether oxygens (including phenoxy) is 3. The van der Waals surface area contributed by atoms with E-state index in [0.717, 1.165) is 11.0 Å². The number of hydrogen-bond donors (Lipinski definition) is 4. The third kappa shape index (κ3) is 10.1. The predicted octanol–water partition coefficient (Wildman–Crippen LogP) is 2.28. The molecule has 16 nitrogen and oxygen atoms in total. The van der Waals surface area contributed by atoms with Crippen molar-refractivity contribution in [1.29, 1.82) is 0 Å². The molecular formula is C37H48FN5O11S. The van der Waals surface area contributed by atoms with Crippen LogP contribution in [0.4, 0.5) is 14.0 Å². The van der Waals surface area contributed by atoms with Gasteiger partial charge in [0.05, 0.1) is 24.4 Å². The SMILES string of the molecule is C=C[C@@H]1C[C@]1(NC(O)C1C[C@@H](OC(=O)N2Cc3cccc(F)c3C2)CN1C(=O)[C@H](COC(=O)/C=C/C=C/C)NC(=O)OC(C)(C)C)C(=O)NS(=O)(=O)C1CC1. The summed E-state index contributed by atoms with van der Waals surface area (Å²) in [4.78, 5) is 68.9. The monoisotopic (exact) mass is 789 g/mol. The number of rotatable bonds is 14. The van der Waals surface area contributed by atoms with E-state index in [1.807, 2.05) is 0 Å². The third-order valence-electron chi connectivity index (χ3n) is 9.63. The molecule has 5 rings (SSSR count). The smallest absolute Gasteiger partial charge is 0.410 e. The fraction of sp³-hybridized carbons (Fsp3) is 0.541. The first-order valence-electron chi connectivity index (χ1n) is 18.0. The van der Waals surface area contributed by atoms with Crippen LogP contribution in [0.2, 0.25) is 0 Å². The lowest BCUT2D eigenvalue weighted by Crippen LogP contribution is -2.60. The first-order chi connectivity index (χ1) is 25.9. The third-order valence-corrected chi connectivity index (χ3v) is 11.4. The number of likely N-dealkylation sites (tertiary alicyclic amines) is 1. The van der Waals surface area contributed by atoms with Crippen LogP contribution in [0.1, 0.15) is 64.5 Å². The van der Waals surface area contributed by atoms with E-state index >= 15 is 0 Å². The molecule has 4 amide bonds. The van der Waals surface area contributed by atoms with Crippen LogP contribution in [0.25, 0.3) is 0 Å². The highest BCUT2D eigenvalue weighted by molar-refractivity contribution is 7.91. The number of carbonyl (C=O) groups excluding carboxylic acids is 5. The van der Waals surface area contributed by atoms with Gasteiger partial charge < -0.3 is 29.5 Å². The number of aliphatic hydroxyl groups excluding tert-OH is 1. The summed E-state index contributed by atoms with van der Waals surface area (Å²) >= 11 is 0. The lowest BCUT2D eigenvalue weighted by atomic mass is 10.1. The normalized spacial score (nSPS) is 24.6. The molecule has 18 heteroatoms. The number of aliphatic hydroxyl groups is 1. The number of hydrogen-bond acceptors (Lipinski definition) is 12. The standard InChI is InChI=1S/C37H48FN5O11S/c1-6-8-9-13-30(44)52-21-28(39-34(48)54-36(3,4)5)32(46)43-19-24(53-35(49)42-18-22-11-10-12-27(38)26(22)20-42)16-29(43)31(45)40-37(17-23(37)7-2)33(47)41-55(50,51)25-14-15-25/h6-13,23-25,28-29,31,40,45H,2,14-21H2,1,3-5H3,(H,39,48)(H,41,47)/b8-6+,13-9+/t23-,24-,28+,29?,31?,37-/m1/s1. The van der Waals surface area contributed by atoms with Gasteiger partial charge in [0.2, 0.25) is 15.9 Å². The number of carbonyl (C=O) groups is 5. The molecule has 2 heterocycles. The quantitative estimate of drug-likeness (QED) is 0.0535. The Morgan fingerprint density at radius 3 is 2.49 bits per heavy atom. The average Bonchev–Trinajstić information content (AvgIpc) is 4.00. The number of fused-ring (bicyclic) bond motifs is 1. The van der Waals surface area contributed by atoms with Crippen molar-refractivity contribution in [1.82, 2.24) is 25.2 Å². The van der Waals surface area contributed by atoms with Gasteiger partial charge in [-0.15, -0.1) is 6.58 Å². The largest absolute Gasteiger partial charge is 0.460 e. The lowest BCUT2D eigenvalue weighted by molar-refractivity contribution is -0.144. The summed E-state index contributed by atoms with van der Waals surface area (Å²) in [6.45, 7) is 9.34. The van der Waals surface area contributed by atoms with Crippen molar-refractivity contribution in [3.63, 3.8) is 0 Å². The minimum absolute atomic E-state index is 0.0517. The van der Waals surface area contributed by atoms with Gasteiger partial charge in [0.25, 0.3) is 5.91 Å². The van der Waals surface area contributed by atoms with Gasteiger partial charge in [-0.1, -0.05) is 36.4 Å². The van der Waals surface area contributed by atoms with Crippen molar-refractivity contribution in [2.75, 3.05) is 13.2 Å². The van der Waals surface area contributed by atoms with Crippen LogP contribution in [0.3, 0.4) is 0 Å². The molecule has 6 atom stereocenters. The highest BCUT2D eigenvalue weighted by Crippen LogP contribution is 2.46. The molecule has 0 spiro atoms. The summed E-state index contributed by atoms with van der Waals surface area (Å²) in [6.07, 6.45) is 3.38. The molecule has 2 aliphatic heterocycles. The van der Waals surface area contributed by atoms with Crippen LogP contribution in [0.15, 0.2) is 55.2 Å². The molecule has 300 valence electrons. The van der Waals surface area contributed by atoms with Gasteiger partial charge in [-0.3, -0.25) is 24.5 Å². The molecule has 1 saturated heterocycles. The number of benzene rings is 1. The Kier molecular flexibility index (Phi) is 12.4. The Morgan fingerprint density at radius 1 is 1.15 bits per heavy atom. The first kappa shape index (κ1) is 41.4. The van der Waals surface area contributed by atoms with Gasteiger partial charge in [-0.05, 0) is 58.6 Å². The van der Waals surface area contributed by atoms with E-state index in [4.69, 9.17) is 14.2 Å². The summed E-state index contributed by atoms with van der Waals surface area (Å²) in [5.41, 5.74) is -1.61. The molecule has 55 heavy (non-hydrogen) atoms. The summed E-state index contributed by atoms with van der Waals surface area (Å²) < 4.78 is 58.3. The number of nitrogens with one attached hydrogen (secondary N) is 3. The van der Waals surface area contributed by atoms with Crippen LogP contribution in [-0.4, -0.2) is 107 Å². The molecule has 0 aromatic heterocycles. The van der Waals surface area contributed by atoms with Crippen LogP contribution in [-0.2, 0) is 51.7 Å². The Balaban J connectivity index is 1.39. The van der Waals surface area contributed by atoms with Crippen LogP contribution in [0.5, 0.6) is 0 Å². The molecule has 2 aliphatic carbocycles. The van der Waals surface area contributed by atoms with Crippen molar-refractivity contribution in [3.05, 3.63) is 72.1 Å². The molecule has 1 aromatic rings. The molecular weight excluding hydrogens is 741 g/mol. The second-order valence-corrected chi connectivity index (χ2v) is 17.0. The second kappa shape index (κ2) is 16.5. The summed E-state index contributed by atoms with van der Waals surface area (Å²) in [7, 11) is -3.96. The van der Waals surface area contributed by atoms with Crippen molar-refractivity contribution < 1.29 is 56.1 Å². The Bertz CT molecular complexity index is 1860. The van der Waals surface area contributed by atoms with Crippen LogP contribution >= 0.6 is 0 Å². The second-order valence-electron chi connectivity index (χ2n) is 15.0. The number of nitrogens with zero attached hydrogens (tertiary/aromatic N) is 2. The zero-order valence-electron chi connectivity index (χ0n) is 31.2. The Morgan fingerprint density at radius 2 is 1.87 bits per heavy atom. The van der Waals surface area contributed by atoms with E-state index in [-0.39, 0.29) is 32.5 Å². The van der Waals surface area contributed by atoms with Crippen LogP contribution < -0.4 is 15.4 Å². The molecule has 4 aliphatic rings. The fourth-order valence-electron chi connectivity index (χ4n) is 6.58. The van der Waals surface area contributed by atoms with Crippen molar-refractivity contribution >= 4 is 40.0 Å². The highest BCUT2D eigenvalue weighted by Gasteiger charge is 2.61. The molecule has 0 radical (unpaired) electrons. The topological polar surface area (TPSA) is 210 Å². The minimum Gasteiger partial charge on any atom is -0.460 e. The van der Waals surface area contributed by atoms with E-state index < -0.39 is 99.1 Å². The van der Waals surface area contributed by atoms with Gasteiger partial charge in [-0.2, -0.15) is 0 Å². The lowest BCUT2D eigenvalue weighted by Gasteiger charge is -2.33. The van der Waals surface area contributed by atoms with Crippen molar-refractivity contribution in [2.24, 2.45) is 5.92 Å². The number of alkyl carbamates (subject to hydrolysis) is 1. The van der Waals surface area contributed by atoms with Crippen molar-refractivity contribution in [3.8, 4) is 0 Å². The number of amides is 4. The van der Waals surface area contributed by atoms with E-state index in [1.165, 1.54) is 29.2 Å². The summed E-state index contributed by atoms with van der Waals surface area (Å²) in [5.74, 6) is -3.63. The summed E-state index contributed by atoms with van der Waals surface area (Å²) in [5, 5.41) is 16.3. The molecule has 0 bridgehead atoms.